The monoisotopic (exact) mass is 258 g/mol. The van der Waals surface area contributed by atoms with Crippen LogP contribution < -0.4 is 4.74 Å². The molecule has 0 aliphatic heterocycles. The topological polar surface area (TPSA) is 29.5 Å². The summed E-state index contributed by atoms with van der Waals surface area (Å²) in [6.07, 6.45) is 3.50. The van der Waals surface area contributed by atoms with Gasteiger partial charge in [0.1, 0.15) is 18.2 Å². The van der Waals surface area contributed by atoms with E-state index < -0.39 is 0 Å². The van der Waals surface area contributed by atoms with E-state index >= 15 is 0 Å². The van der Waals surface area contributed by atoms with Gasteiger partial charge in [0.2, 0.25) is 0 Å². The predicted molar refractivity (Wildman–Crippen MR) is 73.3 cm³/mol. The summed E-state index contributed by atoms with van der Waals surface area (Å²) in [5.41, 5.74) is 1.79. The number of aliphatic hydroxyl groups excluding tert-OH is 1. The maximum absolute atomic E-state index is 13.0. The Kier molecular flexibility index (Phi) is 4.70. The smallest absolute Gasteiger partial charge is 0.123 e. The molecule has 0 bridgehead atoms. The number of benzene rings is 2. The fourth-order valence-corrected chi connectivity index (χ4v) is 1.66. The first-order chi connectivity index (χ1) is 9.28. The molecule has 2 aromatic carbocycles. The zero-order valence-corrected chi connectivity index (χ0v) is 10.4. The van der Waals surface area contributed by atoms with E-state index in [1.54, 1.807) is 12.1 Å². The summed E-state index contributed by atoms with van der Waals surface area (Å²) >= 11 is 0. The third-order valence-electron chi connectivity index (χ3n) is 2.59. The summed E-state index contributed by atoms with van der Waals surface area (Å²) in [6.45, 7) is 0.363. The lowest BCUT2D eigenvalue weighted by molar-refractivity contribution is 0.305. The highest BCUT2D eigenvalue weighted by molar-refractivity contribution is 5.50. The summed E-state index contributed by atoms with van der Waals surface area (Å²) in [5, 5.41) is 8.67. The zero-order valence-electron chi connectivity index (χ0n) is 10.4. The number of aliphatic hydroxyl groups is 1. The van der Waals surface area contributed by atoms with Gasteiger partial charge in [-0.1, -0.05) is 36.4 Å². The lowest BCUT2D eigenvalue weighted by Crippen LogP contribution is -1.95. The maximum atomic E-state index is 13.0. The number of rotatable bonds is 5. The highest BCUT2D eigenvalue weighted by Gasteiger charge is 1.97. The van der Waals surface area contributed by atoms with E-state index in [-0.39, 0.29) is 12.4 Å². The third kappa shape index (κ3) is 4.23. The Morgan fingerprint density at radius 1 is 1.11 bits per heavy atom. The standard InChI is InChI=1S/C16H15FO2/c17-15-5-1-3-14(11-15)12-19-16-8-6-13(7-9-16)4-2-10-18/h1-9,11,18H,10,12H2. The summed E-state index contributed by atoms with van der Waals surface area (Å²) in [7, 11) is 0. The average molecular weight is 258 g/mol. The van der Waals surface area contributed by atoms with Gasteiger partial charge in [0.25, 0.3) is 0 Å². The molecule has 0 spiro atoms. The fourth-order valence-electron chi connectivity index (χ4n) is 1.66. The molecule has 0 amide bonds. The first kappa shape index (κ1) is 13.3. The molecule has 0 aromatic heterocycles. The van der Waals surface area contributed by atoms with Crippen LogP contribution in [0.2, 0.25) is 0 Å². The molecule has 2 nitrogen and oxygen atoms in total. The largest absolute Gasteiger partial charge is 0.489 e. The van der Waals surface area contributed by atoms with Crippen LogP contribution in [0.15, 0.2) is 54.6 Å². The van der Waals surface area contributed by atoms with Crippen LogP contribution in [0.25, 0.3) is 6.08 Å². The molecule has 0 saturated carbocycles. The van der Waals surface area contributed by atoms with E-state index in [9.17, 15) is 4.39 Å². The van der Waals surface area contributed by atoms with Gasteiger partial charge in [-0.3, -0.25) is 0 Å². The number of hydrogen-bond acceptors (Lipinski definition) is 2. The molecule has 0 saturated heterocycles. The molecular weight excluding hydrogens is 243 g/mol. The van der Waals surface area contributed by atoms with Crippen molar-refractivity contribution in [1.29, 1.82) is 0 Å². The molecule has 0 heterocycles. The van der Waals surface area contributed by atoms with Crippen LogP contribution in [0.5, 0.6) is 5.75 Å². The first-order valence-corrected chi connectivity index (χ1v) is 6.02. The van der Waals surface area contributed by atoms with Gasteiger partial charge in [-0.2, -0.15) is 0 Å². The van der Waals surface area contributed by atoms with Crippen molar-refractivity contribution < 1.29 is 14.2 Å². The van der Waals surface area contributed by atoms with E-state index in [1.165, 1.54) is 12.1 Å². The normalized spacial score (nSPS) is 10.8. The van der Waals surface area contributed by atoms with E-state index in [0.29, 0.717) is 6.61 Å². The summed E-state index contributed by atoms with van der Waals surface area (Å²) in [5.74, 6) is 0.469. The minimum atomic E-state index is -0.259. The SMILES string of the molecule is OCC=Cc1ccc(OCc2cccc(F)c2)cc1. The molecule has 98 valence electrons. The number of hydrogen-bond donors (Lipinski definition) is 1. The van der Waals surface area contributed by atoms with Crippen molar-refractivity contribution in [3.05, 3.63) is 71.6 Å². The van der Waals surface area contributed by atoms with E-state index in [0.717, 1.165) is 16.9 Å². The maximum Gasteiger partial charge on any atom is 0.123 e. The Bertz CT molecular complexity index is 547. The van der Waals surface area contributed by atoms with Gasteiger partial charge < -0.3 is 9.84 Å². The molecule has 0 radical (unpaired) electrons. The minimum Gasteiger partial charge on any atom is -0.489 e. The van der Waals surface area contributed by atoms with E-state index in [1.807, 2.05) is 36.4 Å². The van der Waals surface area contributed by atoms with Gasteiger partial charge in [-0.25, -0.2) is 4.39 Å². The lowest BCUT2D eigenvalue weighted by Gasteiger charge is -2.06. The number of ether oxygens (including phenoxy) is 1. The van der Waals surface area contributed by atoms with Gasteiger partial charge in [0, 0.05) is 0 Å². The van der Waals surface area contributed by atoms with Crippen LogP contribution in [0.4, 0.5) is 4.39 Å². The second-order valence-corrected chi connectivity index (χ2v) is 4.07. The fraction of sp³-hybridized carbons (Fsp3) is 0.125. The predicted octanol–water partition coefficient (Wildman–Crippen LogP) is 3.41. The molecule has 1 N–H and O–H groups in total. The lowest BCUT2D eigenvalue weighted by atomic mass is 10.2. The van der Waals surface area contributed by atoms with Crippen LogP contribution in [-0.4, -0.2) is 11.7 Å². The van der Waals surface area contributed by atoms with E-state index in [4.69, 9.17) is 9.84 Å². The van der Waals surface area contributed by atoms with Crippen molar-refractivity contribution in [2.75, 3.05) is 6.61 Å². The van der Waals surface area contributed by atoms with Gasteiger partial charge in [-0.15, -0.1) is 0 Å². The second-order valence-electron chi connectivity index (χ2n) is 4.07. The Morgan fingerprint density at radius 3 is 2.58 bits per heavy atom. The molecule has 2 rings (SSSR count). The Morgan fingerprint density at radius 2 is 1.89 bits per heavy atom. The van der Waals surface area contributed by atoms with Crippen LogP contribution >= 0.6 is 0 Å². The van der Waals surface area contributed by atoms with Crippen LogP contribution in [-0.2, 0) is 6.61 Å². The Hall–Kier alpha value is -2.13. The van der Waals surface area contributed by atoms with Crippen LogP contribution in [0, 0.1) is 5.82 Å². The molecule has 0 fully saturated rings. The van der Waals surface area contributed by atoms with Crippen molar-refractivity contribution in [3.8, 4) is 5.75 Å². The van der Waals surface area contributed by atoms with Crippen molar-refractivity contribution in [3.63, 3.8) is 0 Å². The molecule has 19 heavy (non-hydrogen) atoms. The van der Waals surface area contributed by atoms with E-state index in [2.05, 4.69) is 0 Å². The summed E-state index contributed by atoms with van der Waals surface area (Å²) < 4.78 is 18.5. The zero-order chi connectivity index (χ0) is 13.5. The van der Waals surface area contributed by atoms with Gasteiger partial charge in [0.15, 0.2) is 0 Å². The second kappa shape index (κ2) is 6.71. The quantitative estimate of drug-likeness (QED) is 0.890. The van der Waals surface area contributed by atoms with Crippen molar-refractivity contribution in [2.45, 2.75) is 6.61 Å². The highest BCUT2D eigenvalue weighted by Crippen LogP contribution is 2.15. The Balaban J connectivity index is 1.94. The van der Waals surface area contributed by atoms with Crippen LogP contribution in [0.3, 0.4) is 0 Å². The Labute approximate surface area is 111 Å². The van der Waals surface area contributed by atoms with Crippen molar-refractivity contribution >= 4 is 6.08 Å². The van der Waals surface area contributed by atoms with Crippen molar-refractivity contribution in [1.82, 2.24) is 0 Å². The van der Waals surface area contributed by atoms with Gasteiger partial charge >= 0.3 is 0 Å². The minimum absolute atomic E-state index is 0.0256. The molecular formula is C16H15FO2. The third-order valence-corrected chi connectivity index (χ3v) is 2.59. The molecule has 0 aliphatic rings. The molecule has 2 aromatic rings. The first-order valence-electron chi connectivity index (χ1n) is 6.02. The van der Waals surface area contributed by atoms with Gasteiger partial charge in [-0.05, 0) is 35.4 Å². The van der Waals surface area contributed by atoms with Gasteiger partial charge in [0.05, 0.1) is 6.61 Å². The summed E-state index contributed by atoms with van der Waals surface area (Å²) in [6, 6.07) is 13.8. The molecule has 3 heteroatoms. The average Bonchev–Trinajstić information content (AvgIpc) is 2.44. The highest BCUT2D eigenvalue weighted by atomic mass is 19.1. The van der Waals surface area contributed by atoms with Crippen LogP contribution in [0.1, 0.15) is 11.1 Å². The summed E-state index contributed by atoms with van der Waals surface area (Å²) in [4.78, 5) is 0. The molecule has 0 atom stereocenters. The number of halogens is 1. The molecule has 0 aliphatic carbocycles. The molecule has 0 unspecified atom stereocenters. The van der Waals surface area contributed by atoms with Crippen molar-refractivity contribution in [2.24, 2.45) is 0 Å².